The van der Waals surface area contributed by atoms with E-state index in [4.69, 9.17) is 15.3 Å². The minimum Gasteiger partial charge on any atom is -0.481 e. The van der Waals surface area contributed by atoms with Crippen LogP contribution in [0.15, 0.2) is 0 Å². The first kappa shape index (κ1) is 45.5. The molecule has 0 aromatic rings. The largest absolute Gasteiger partial charge is 0.481 e. The molecular formula is C39H80O5. The second-order valence-electron chi connectivity index (χ2n) is 13.5. The number of carbonyl (C=O) groups is 1. The molecule has 0 aliphatic heterocycles. The fourth-order valence-electron chi connectivity index (χ4n) is 5.97. The Labute approximate surface area is 275 Å². The van der Waals surface area contributed by atoms with Gasteiger partial charge in [0, 0.05) is 0 Å². The predicted octanol–water partition coefficient (Wildman–Crippen LogP) is 11.5. The fourth-order valence-corrected chi connectivity index (χ4v) is 5.97. The predicted molar refractivity (Wildman–Crippen MR) is 190 cm³/mol. The van der Waals surface area contributed by atoms with Gasteiger partial charge >= 0.3 is 5.97 Å². The molecule has 0 rings (SSSR count). The van der Waals surface area contributed by atoms with Gasteiger partial charge in [0.25, 0.3) is 0 Å². The number of aliphatic carboxylic acids is 1. The maximum atomic E-state index is 11.7. The topological polar surface area (TPSA) is 98.0 Å². The molecule has 1 unspecified atom stereocenters. The van der Waals surface area contributed by atoms with Crippen LogP contribution in [0.4, 0.5) is 0 Å². The molecule has 44 heavy (non-hydrogen) atoms. The zero-order chi connectivity index (χ0) is 32.8. The third kappa shape index (κ3) is 39.4. The summed E-state index contributed by atoms with van der Waals surface area (Å²) in [6.45, 7) is 3.84. The second kappa shape index (κ2) is 40.4. The van der Waals surface area contributed by atoms with E-state index in [9.17, 15) is 9.90 Å². The summed E-state index contributed by atoms with van der Waals surface area (Å²) in [6, 6.07) is 0. The van der Waals surface area contributed by atoms with E-state index in [0.717, 1.165) is 25.7 Å². The summed E-state index contributed by atoms with van der Waals surface area (Å²) < 4.78 is 0. The van der Waals surface area contributed by atoms with Crippen LogP contribution >= 0.6 is 0 Å². The molecule has 5 heteroatoms. The summed E-state index contributed by atoms with van der Waals surface area (Å²) in [4.78, 5) is 11.7. The molecule has 5 nitrogen and oxygen atoms in total. The monoisotopic (exact) mass is 629 g/mol. The molecule has 0 fully saturated rings. The van der Waals surface area contributed by atoms with Gasteiger partial charge in [-0.25, -0.2) is 0 Å². The normalized spacial score (nSPS) is 12.0. The van der Waals surface area contributed by atoms with Gasteiger partial charge < -0.3 is 20.4 Å². The van der Waals surface area contributed by atoms with Gasteiger partial charge in [-0.1, -0.05) is 206 Å². The van der Waals surface area contributed by atoms with E-state index >= 15 is 0 Å². The van der Waals surface area contributed by atoms with Crippen molar-refractivity contribution >= 4 is 5.97 Å². The summed E-state index contributed by atoms with van der Waals surface area (Å²) in [6.07, 6.45) is 41.9. The van der Waals surface area contributed by atoms with Crippen molar-refractivity contribution < 1.29 is 25.2 Å². The lowest BCUT2D eigenvalue weighted by molar-refractivity contribution is -0.142. The molecule has 4 N–H and O–H groups in total. The highest BCUT2D eigenvalue weighted by atomic mass is 16.4. The number of hydrogen-bond acceptors (Lipinski definition) is 4. The molecule has 0 spiro atoms. The van der Waals surface area contributed by atoms with Crippen molar-refractivity contribution in [2.45, 2.75) is 225 Å². The Morgan fingerprint density at radius 3 is 0.773 bits per heavy atom. The fraction of sp³-hybridized carbons (Fsp3) is 0.974. The third-order valence-electron chi connectivity index (χ3n) is 9.08. The van der Waals surface area contributed by atoms with Crippen LogP contribution in [0.2, 0.25) is 0 Å². The van der Waals surface area contributed by atoms with Crippen molar-refractivity contribution in [2.24, 2.45) is 5.92 Å². The Morgan fingerprint density at radius 1 is 0.409 bits per heavy atom. The standard InChI is InChI=1S/C36H72O2.C3H8O3/c1-3-5-7-9-11-13-15-17-19-20-22-24-26-28-30-32-34-35(36(37)38)33-31-29-27-25-23-21-18-16-14-12-10-8-6-4-2;4-1-3(6)2-5/h35H,3-34H2,1-2H3,(H,37,38);3-6H,1-2H2. The summed E-state index contributed by atoms with van der Waals surface area (Å²) >= 11 is 0. The van der Waals surface area contributed by atoms with Crippen LogP contribution < -0.4 is 0 Å². The Balaban J connectivity index is 0. The molecule has 266 valence electrons. The lowest BCUT2D eigenvalue weighted by Crippen LogP contribution is -2.15. The highest BCUT2D eigenvalue weighted by molar-refractivity contribution is 5.69. The molecular weight excluding hydrogens is 548 g/mol. The smallest absolute Gasteiger partial charge is 0.306 e. The highest BCUT2D eigenvalue weighted by Crippen LogP contribution is 2.20. The van der Waals surface area contributed by atoms with E-state index < -0.39 is 12.1 Å². The molecule has 0 aromatic carbocycles. The number of hydrogen-bond donors (Lipinski definition) is 4. The first-order chi connectivity index (χ1) is 21.5. The van der Waals surface area contributed by atoms with Gasteiger partial charge in [-0.05, 0) is 12.8 Å². The third-order valence-corrected chi connectivity index (χ3v) is 9.08. The van der Waals surface area contributed by atoms with Crippen molar-refractivity contribution in [3.8, 4) is 0 Å². The average molecular weight is 629 g/mol. The zero-order valence-electron chi connectivity index (χ0n) is 29.9. The number of carboxylic acid groups (broad SMARTS) is 1. The Morgan fingerprint density at radius 2 is 0.614 bits per heavy atom. The number of rotatable bonds is 35. The average Bonchev–Trinajstić information content (AvgIpc) is 3.03. The van der Waals surface area contributed by atoms with E-state index in [0.29, 0.717) is 0 Å². The zero-order valence-corrected chi connectivity index (χ0v) is 29.9. The van der Waals surface area contributed by atoms with Crippen LogP contribution in [-0.4, -0.2) is 45.7 Å². The molecule has 0 saturated carbocycles. The quantitative estimate of drug-likeness (QED) is 0.0523. The Bertz CT molecular complexity index is 523. The summed E-state index contributed by atoms with van der Waals surface area (Å²) in [7, 11) is 0. The minimum atomic E-state index is -0.954. The molecule has 0 aliphatic carbocycles. The van der Waals surface area contributed by atoms with Gasteiger partial charge in [-0.15, -0.1) is 0 Å². The number of aliphatic hydroxyl groups excluding tert-OH is 3. The van der Waals surface area contributed by atoms with Gasteiger partial charge in [0.2, 0.25) is 0 Å². The molecule has 0 aromatic heterocycles. The summed E-state index contributed by atoms with van der Waals surface area (Å²) in [5, 5.41) is 33.6. The van der Waals surface area contributed by atoms with Gasteiger partial charge in [0.1, 0.15) is 6.10 Å². The number of carboxylic acids is 1. The number of aliphatic hydroxyl groups is 3. The van der Waals surface area contributed by atoms with E-state index in [1.807, 2.05) is 0 Å². The molecule has 0 heterocycles. The van der Waals surface area contributed by atoms with Crippen LogP contribution in [0, 0.1) is 5.92 Å². The molecule has 0 saturated heterocycles. The lowest BCUT2D eigenvalue weighted by Gasteiger charge is -2.12. The number of unbranched alkanes of at least 4 members (excludes halogenated alkanes) is 28. The molecule has 1 atom stereocenters. The maximum absolute atomic E-state index is 11.7. The highest BCUT2D eigenvalue weighted by Gasteiger charge is 2.16. The van der Waals surface area contributed by atoms with Gasteiger partial charge in [-0.3, -0.25) is 4.79 Å². The van der Waals surface area contributed by atoms with Crippen LogP contribution in [0.1, 0.15) is 219 Å². The van der Waals surface area contributed by atoms with Crippen LogP contribution in [-0.2, 0) is 4.79 Å². The minimum absolute atomic E-state index is 0.0982. The molecule has 0 radical (unpaired) electrons. The first-order valence-corrected chi connectivity index (χ1v) is 19.7. The van der Waals surface area contributed by atoms with E-state index in [1.54, 1.807) is 0 Å². The van der Waals surface area contributed by atoms with E-state index in [2.05, 4.69) is 13.8 Å². The lowest BCUT2D eigenvalue weighted by atomic mass is 9.94. The van der Waals surface area contributed by atoms with Crippen molar-refractivity contribution in [3.05, 3.63) is 0 Å². The molecule has 0 aliphatic rings. The van der Waals surface area contributed by atoms with Crippen LogP contribution in [0.3, 0.4) is 0 Å². The van der Waals surface area contributed by atoms with E-state index in [-0.39, 0.29) is 19.1 Å². The van der Waals surface area contributed by atoms with Crippen molar-refractivity contribution in [2.75, 3.05) is 13.2 Å². The van der Waals surface area contributed by atoms with Crippen molar-refractivity contribution in [1.82, 2.24) is 0 Å². The van der Waals surface area contributed by atoms with Gasteiger partial charge in [0.05, 0.1) is 19.1 Å². The maximum Gasteiger partial charge on any atom is 0.306 e. The Kier molecular flexibility index (Phi) is 41.7. The van der Waals surface area contributed by atoms with Gasteiger partial charge in [-0.2, -0.15) is 0 Å². The molecule has 0 amide bonds. The van der Waals surface area contributed by atoms with Crippen LogP contribution in [0.5, 0.6) is 0 Å². The molecule has 0 bridgehead atoms. The summed E-state index contributed by atoms with van der Waals surface area (Å²) in [5.74, 6) is -0.653. The Hall–Kier alpha value is -0.650. The van der Waals surface area contributed by atoms with E-state index in [1.165, 1.54) is 180 Å². The summed E-state index contributed by atoms with van der Waals surface area (Å²) in [5.41, 5.74) is 0. The van der Waals surface area contributed by atoms with Crippen molar-refractivity contribution in [1.29, 1.82) is 0 Å². The van der Waals surface area contributed by atoms with Crippen LogP contribution in [0.25, 0.3) is 0 Å². The van der Waals surface area contributed by atoms with Gasteiger partial charge in [0.15, 0.2) is 0 Å². The second-order valence-corrected chi connectivity index (χ2v) is 13.5. The van der Waals surface area contributed by atoms with Crippen molar-refractivity contribution in [3.63, 3.8) is 0 Å². The first-order valence-electron chi connectivity index (χ1n) is 19.7. The SMILES string of the molecule is CCCCCCCCCCCCCCCCCCC(CCCCCCCCCCCCCCCC)C(=O)O.OCC(O)CO.